The minimum atomic E-state index is -1.06. The zero-order chi connectivity index (χ0) is 14.4. The standard InChI is InChI=1S/C13H13Cl2NO3/c1-2-11(13(18)19)16-12(17)4-3-8-5-9(14)7-10(15)6-8/h3-7,11H,2H2,1H3,(H,16,17)(H,18,19)/t11-/m1/s1. The average Bonchev–Trinajstić information content (AvgIpc) is 2.32. The highest BCUT2D eigenvalue weighted by atomic mass is 35.5. The monoisotopic (exact) mass is 301 g/mol. The number of hydrogen-bond donors (Lipinski definition) is 2. The molecule has 0 fully saturated rings. The highest BCUT2D eigenvalue weighted by molar-refractivity contribution is 6.34. The molecule has 0 bridgehead atoms. The Hall–Kier alpha value is -1.52. The molecular formula is C13H13Cl2NO3. The van der Waals surface area contributed by atoms with Crippen molar-refractivity contribution in [2.45, 2.75) is 19.4 Å². The first kappa shape index (κ1) is 15.5. The van der Waals surface area contributed by atoms with E-state index in [2.05, 4.69) is 5.32 Å². The van der Waals surface area contributed by atoms with Crippen LogP contribution in [0.5, 0.6) is 0 Å². The third kappa shape index (κ3) is 5.32. The number of rotatable bonds is 5. The molecular weight excluding hydrogens is 289 g/mol. The van der Waals surface area contributed by atoms with Crippen LogP contribution in [0.25, 0.3) is 6.08 Å². The Morgan fingerprint density at radius 3 is 2.37 bits per heavy atom. The first-order valence-corrected chi connectivity index (χ1v) is 6.35. The van der Waals surface area contributed by atoms with Gasteiger partial charge in [-0.25, -0.2) is 4.79 Å². The van der Waals surface area contributed by atoms with Crippen LogP contribution in [0.3, 0.4) is 0 Å². The molecule has 19 heavy (non-hydrogen) atoms. The van der Waals surface area contributed by atoms with Gasteiger partial charge in [0.25, 0.3) is 0 Å². The normalized spacial score (nSPS) is 12.4. The van der Waals surface area contributed by atoms with Gasteiger partial charge in [0.05, 0.1) is 0 Å². The summed E-state index contributed by atoms with van der Waals surface area (Å²) >= 11 is 11.6. The summed E-state index contributed by atoms with van der Waals surface area (Å²) in [5.41, 5.74) is 0.663. The molecule has 0 heterocycles. The summed E-state index contributed by atoms with van der Waals surface area (Å²) in [6, 6.07) is 3.98. The van der Waals surface area contributed by atoms with E-state index in [-0.39, 0.29) is 0 Å². The minimum absolute atomic E-state index is 0.317. The Morgan fingerprint density at radius 1 is 1.32 bits per heavy atom. The van der Waals surface area contributed by atoms with Crippen molar-refractivity contribution in [1.82, 2.24) is 5.32 Å². The first-order chi connectivity index (χ1) is 8.92. The van der Waals surface area contributed by atoms with Gasteiger partial charge < -0.3 is 10.4 Å². The van der Waals surface area contributed by atoms with Crippen molar-refractivity contribution >= 4 is 41.2 Å². The van der Waals surface area contributed by atoms with Crippen molar-refractivity contribution in [2.24, 2.45) is 0 Å². The Labute approximate surface area is 121 Å². The second-order valence-corrected chi connectivity index (χ2v) is 4.72. The molecule has 0 aliphatic carbocycles. The second-order valence-electron chi connectivity index (χ2n) is 3.84. The van der Waals surface area contributed by atoms with Crippen molar-refractivity contribution in [2.75, 3.05) is 0 Å². The number of hydrogen-bond acceptors (Lipinski definition) is 2. The van der Waals surface area contributed by atoms with Crippen LogP contribution in [-0.2, 0) is 9.59 Å². The summed E-state index contributed by atoms with van der Waals surface area (Å²) in [6.07, 6.45) is 3.08. The lowest BCUT2D eigenvalue weighted by atomic mass is 10.2. The van der Waals surface area contributed by atoms with Crippen LogP contribution < -0.4 is 5.32 Å². The molecule has 0 spiro atoms. The van der Waals surface area contributed by atoms with Gasteiger partial charge in [-0.1, -0.05) is 30.1 Å². The summed E-state index contributed by atoms with van der Waals surface area (Å²) in [5, 5.41) is 12.1. The van der Waals surface area contributed by atoms with Crippen molar-refractivity contribution in [3.63, 3.8) is 0 Å². The fraction of sp³-hybridized carbons (Fsp3) is 0.231. The maximum Gasteiger partial charge on any atom is 0.326 e. The van der Waals surface area contributed by atoms with E-state index in [1.165, 1.54) is 12.2 Å². The van der Waals surface area contributed by atoms with E-state index >= 15 is 0 Å². The topological polar surface area (TPSA) is 66.4 Å². The SMILES string of the molecule is CC[C@@H](NC(=O)C=Cc1cc(Cl)cc(Cl)c1)C(=O)O. The Balaban J connectivity index is 2.70. The zero-order valence-corrected chi connectivity index (χ0v) is 11.7. The molecule has 0 aliphatic rings. The third-order valence-corrected chi connectivity index (χ3v) is 2.77. The highest BCUT2D eigenvalue weighted by Crippen LogP contribution is 2.19. The fourth-order valence-corrected chi connectivity index (χ4v) is 1.94. The number of nitrogens with one attached hydrogen (secondary N) is 1. The minimum Gasteiger partial charge on any atom is -0.480 e. The predicted molar refractivity (Wildman–Crippen MR) is 75.4 cm³/mol. The highest BCUT2D eigenvalue weighted by Gasteiger charge is 2.15. The van der Waals surface area contributed by atoms with Gasteiger partial charge in [0.15, 0.2) is 0 Å². The molecule has 2 N–H and O–H groups in total. The van der Waals surface area contributed by atoms with E-state index in [4.69, 9.17) is 28.3 Å². The number of carboxylic acid groups (broad SMARTS) is 1. The van der Waals surface area contributed by atoms with Crippen molar-refractivity contribution in [3.8, 4) is 0 Å². The summed E-state index contributed by atoms with van der Waals surface area (Å²) < 4.78 is 0. The molecule has 4 nitrogen and oxygen atoms in total. The molecule has 0 unspecified atom stereocenters. The van der Waals surface area contributed by atoms with Crippen LogP contribution in [0.2, 0.25) is 10.0 Å². The van der Waals surface area contributed by atoms with Gasteiger partial charge in [0.1, 0.15) is 6.04 Å². The molecule has 0 aromatic heterocycles. The van der Waals surface area contributed by atoms with Crippen LogP contribution in [0, 0.1) is 0 Å². The largest absolute Gasteiger partial charge is 0.480 e. The molecule has 1 atom stereocenters. The smallest absolute Gasteiger partial charge is 0.326 e. The van der Waals surface area contributed by atoms with Crippen molar-refractivity contribution < 1.29 is 14.7 Å². The second kappa shape index (κ2) is 7.16. The van der Waals surface area contributed by atoms with Crippen LogP contribution in [-0.4, -0.2) is 23.0 Å². The maximum atomic E-state index is 11.5. The average molecular weight is 302 g/mol. The summed E-state index contributed by atoms with van der Waals surface area (Å²) in [6.45, 7) is 1.68. The van der Waals surface area contributed by atoms with Gasteiger partial charge in [0.2, 0.25) is 5.91 Å². The van der Waals surface area contributed by atoms with Gasteiger partial charge in [-0.15, -0.1) is 0 Å². The van der Waals surface area contributed by atoms with E-state index in [0.717, 1.165) is 0 Å². The third-order valence-electron chi connectivity index (χ3n) is 2.33. The lowest BCUT2D eigenvalue weighted by Gasteiger charge is -2.09. The molecule has 1 aromatic carbocycles. The maximum absolute atomic E-state index is 11.5. The quantitative estimate of drug-likeness (QED) is 0.822. The van der Waals surface area contributed by atoms with Crippen LogP contribution in [0.15, 0.2) is 24.3 Å². The summed E-state index contributed by atoms with van der Waals surface area (Å²) in [4.78, 5) is 22.3. The Morgan fingerprint density at radius 2 is 1.89 bits per heavy atom. The van der Waals surface area contributed by atoms with Crippen LogP contribution in [0.4, 0.5) is 0 Å². The Bertz CT molecular complexity index is 494. The fourth-order valence-electron chi connectivity index (χ4n) is 1.40. The molecule has 1 aromatic rings. The van der Waals surface area contributed by atoms with E-state index in [0.29, 0.717) is 22.0 Å². The molecule has 1 amide bonds. The number of carbonyl (C=O) groups is 2. The lowest BCUT2D eigenvalue weighted by Crippen LogP contribution is -2.39. The molecule has 102 valence electrons. The van der Waals surface area contributed by atoms with Crippen molar-refractivity contribution in [3.05, 3.63) is 39.9 Å². The van der Waals surface area contributed by atoms with E-state index in [9.17, 15) is 9.59 Å². The molecule has 6 heteroatoms. The van der Waals surface area contributed by atoms with Gasteiger partial charge in [0, 0.05) is 16.1 Å². The van der Waals surface area contributed by atoms with Crippen LogP contribution in [0.1, 0.15) is 18.9 Å². The van der Waals surface area contributed by atoms with Gasteiger partial charge in [-0.3, -0.25) is 4.79 Å². The van der Waals surface area contributed by atoms with Gasteiger partial charge in [-0.2, -0.15) is 0 Å². The number of carboxylic acids is 1. The van der Waals surface area contributed by atoms with Gasteiger partial charge >= 0.3 is 5.97 Å². The van der Waals surface area contributed by atoms with Gasteiger partial charge in [-0.05, 0) is 36.3 Å². The van der Waals surface area contributed by atoms with E-state index in [1.54, 1.807) is 25.1 Å². The molecule has 0 radical (unpaired) electrons. The number of amides is 1. The lowest BCUT2D eigenvalue weighted by molar-refractivity contribution is -0.141. The van der Waals surface area contributed by atoms with E-state index < -0.39 is 17.9 Å². The summed E-state index contributed by atoms with van der Waals surface area (Å²) in [5.74, 6) is -1.54. The molecule has 0 aliphatic heterocycles. The molecule has 0 saturated carbocycles. The number of carbonyl (C=O) groups excluding carboxylic acids is 1. The number of halogens is 2. The van der Waals surface area contributed by atoms with Crippen molar-refractivity contribution in [1.29, 1.82) is 0 Å². The number of aliphatic carboxylic acids is 1. The Kier molecular flexibility index (Phi) is 5.86. The predicted octanol–water partition coefficient (Wildman–Crippen LogP) is 2.99. The van der Waals surface area contributed by atoms with E-state index in [1.807, 2.05) is 0 Å². The zero-order valence-electron chi connectivity index (χ0n) is 10.2. The number of benzene rings is 1. The first-order valence-electron chi connectivity index (χ1n) is 5.60. The van der Waals surface area contributed by atoms with Crippen LogP contribution >= 0.6 is 23.2 Å². The molecule has 0 saturated heterocycles. The molecule has 1 rings (SSSR count). The summed E-state index contributed by atoms with van der Waals surface area (Å²) in [7, 11) is 0.